The molecule has 5 nitrogen and oxygen atoms in total. The fourth-order valence-electron chi connectivity index (χ4n) is 2.53. The van der Waals surface area contributed by atoms with Crippen molar-refractivity contribution in [2.24, 2.45) is 0 Å². The van der Waals surface area contributed by atoms with Crippen LogP contribution in [0.25, 0.3) is 0 Å². The van der Waals surface area contributed by atoms with Crippen molar-refractivity contribution in [1.82, 2.24) is 4.98 Å². The van der Waals surface area contributed by atoms with Crippen molar-refractivity contribution in [2.75, 3.05) is 5.32 Å². The number of furan rings is 1. The summed E-state index contributed by atoms with van der Waals surface area (Å²) in [5.74, 6) is 2.30. The summed E-state index contributed by atoms with van der Waals surface area (Å²) in [6, 6.07) is 2.00. The van der Waals surface area contributed by atoms with Gasteiger partial charge in [0.25, 0.3) is 5.91 Å². The number of nitrogens with zero attached hydrogens (tertiary/aromatic N) is 1. The molecule has 0 atom stereocenters. The number of anilines is 1. The summed E-state index contributed by atoms with van der Waals surface area (Å²) >= 11 is 0. The highest BCUT2D eigenvalue weighted by Crippen LogP contribution is 2.43. The monoisotopic (exact) mass is 272 g/mol. The van der Waals surface area contributed by atoms with Gasteiger partial charge in [0.15, 0.2) is 0 Å². The first-order valence-corrected chi connectivity index (χ1v) is 7.08. The second-order valence-electron chi connectivity index (χ2n) is 5.66. The Labute approximate surface area is 116 Å². The van der Waals surface area contributed by atoms with Gasteiger partial charge in [-0.1, -0.05) is 0 Å². The zero-order valence-electron chi connectivity index (χ0n) is 11.3. The van der Waals surface area contributed by atoms with Gasteiger partial charge in [0.1, 0.15) is 11.5 Å². The van der Waals surface area contributed by atoms with Crippen molar-refractivity contribution >= 4 is 11.9 Å². The van der Waals surface area contributed by atoms with Crippen molar-refractivity contribution in [1.29, 1.82) is 0 Å². The number of hydrogen-bond acceptors (Lipinski definition) is 4. The molecule has 2 aliphatic rings. The number of carbonyl (C=O) groups excluding carboxylic acids is 1. The van der Waals surface area contributed by atoms with E-state index in [2.05, 4.69) is 10.3 Å². The van der Waals surface area contributed by atoms with Gasteiger partial charge in [-0.25, -0.2) is 0 Å². The SMILES string of the molecule is Cc1oc(NC(=O)c2ccoc2C2CC2)nc1C1CC1. The Morgan fingerprint density at radius 2 is 2.05 bits per heavy atom. The van der Waals surface area contributed by atoms with Crippen LogP contribution in [0.2, 0.25) is 0 Å². The van der Waals surface area contributed by atoms with Crippen LogP contribution in [-0.4, -0.2) is 10.9 Å². The molecule has 1 amide bonds. The maximum Gasteiger partial charge on any atom is 0.302 e. The van der Waals surface area contributed by atoms with Crippen LogP contribution < -0.4 is 5.32 Å². The smallest absolute Gasteiger partial charge is 0.302 e. The molecule has 2 aromatic heterocycles. The highest BCUT2D eigenvalue weighted by Gasteiger charge is 2.32. The number of hydrogen-bond donors (Lipinski definition) is 1. The topological polar surface area (TPSA) is 68.3 Å². The van der Waals surface area contributed by atoms with E-state index in [-0.39, 0.29) is 11.9 Å². The molecule has 1 N–H and O–H groups in total. The van der Waals surface area contributed by atoms with Crippen LogP contribution >= 0.6 is 0 Å². The van der Waals surface area contributed by atoms with Crippen LogP contribution in [0.15, 0.2) is 21.2 Å². The third kappa shape index (κ3) is 2.03. The minimum atomic E-state index is -0.204. The van der Waals surface area contributed by atoms with Gasteiger partial charge < -0.3 is 8.83 Å². The van der Waals surface area contributed by atoms with Crippen LogP contribution in [-0.2, 0) is 0 Å². The molecule has 2 saturated carbocycles. The Bertz CT molecular complexity index is 662. The Morgan fingerprint density at radius 3 is 2.75 bits per heavy atom. The summed E-state index contributed by atoms with van der Waals surface area (Å²) in [5, 5.41) is 2.73. The standard InChI is InChI=1S/C15H16N2O3/c1-8-12(9-2-3-9)16-15(20-8)17-14(18)11-6-7-19-13(11)10-4-5-10/h6-7,9-10H,2-5H2,1H3,(H,16,17,18). The Kier molecular flexibility index (Phi) is 2.49. The minimum Gasteiger partial charge on any atom is -0.468 e. The van der Waals surface area contributed by atoms with E-state index in [1.54, 1.807) is 12.3 Å². The first-order valence-electron chi connectivity index (χ1n) is 7.08. The van der Waals surface area contributed by atoms with E-state index in [0.717, 1.165) is 42.9 Å². The molecule has 0 spiro atoms. The summed E-state index contributed by atoms with van der Waals surface area (Å²) in [7, 11) is 0. The van der Waals surface area contributed by atoms with Crippen molar-refractivity contribution in [3.63, 3.8) is 0 Å². The lowest BCUT2D eigenvalue weighted by Crippen LogP contribution is -2.13. The quantitative estimate of drug-likeness (QED) is 0.923. The number of rotatable bonds is 4. The first-order chi connectivity index (χ1) is 9.72. The lowest BCUT2D eigenvalue weighted by molar-refractivity contribution is 0.102. The molecule has 2 aromatic rings. The van der Waals surface area contributed by atoms with Gasteiger partial charge in [0.2, 0.25) is 0 Å². The Balaban J connectivity index is 1.54. The Morgan fingerprint density at radius 1 is 1.30 bits per heavy atom. The van der Waals surface area contributed by atoms with E-state index in [1.807, 2.05) is 6.92 Å². The third-order valence-electron chi connectivity index (χ3n) is 3.90. The largest absolute Gasteiger partial charge is 0.468 e. The second-order valence-corrected chi connectivity index (χ2v) is 5.66. The van der Waals surface area contributed by atoms with Crippen molar-refractivity contribution in [3.8, 4) is 0 Å². The second kappa shape index (κ2) is 4.23. The molecular formula is C15H16N2O3. The molecule has 0 radical (unpaired) electrons. The number of carbonyl (C=O) groups is 1. The fraction of sp³-hybridized carbons (Fsp3) is 0.467. The predicted molar refractivity (Wildman–Crippen MR) is 71.9 cm³/mol. The minimum absolute atomic E-state index is 0.204. The highest BCUT2D eigenvalue weighted by molar-refractivity contribution is 6.04. The van der Waals surface area contributed by atoms with E-state index in [1.165, 1.54) is 0 Å². The molecule has 0 aromatic carbocycles. The van der Waals surface area contributed by atoms with Crippen LogP contribution in [0.5, 0.6) is 0 Å². The highest BCUT2D eigenvalue weighted by atomic mass is 16.4. The predicted octanol–water partition coefficient (Wildman–Crippen LogP) is 3.58. The summed E-state index contributed by atoms with van der Waals surface area (Å²) in [4.78, 5) is 16.6. The zero-order chi connectivity index (χ0) is 13.7. The van der Waals surface area contributed by atoms with Crippen LogP contribution in [0.1, 0.15) is 65.1 Å². The molecule has 2 fully saturated rings. The molecule has 0 aliphatic heterocycles. The van der Waals surface area contributed by atoms with Crippen LogP contribution in [0.4, 0.5) is 6.01 Å². The van der Waals surface area contributed by atoms with Crippen molar-refractivity contribution < 1.29 is 13.6 Å². The molecule has 4 rings (SSSR count). The molecule has 0 unspecified atom stereocenters. The number of amides is 1. The van der Waals surface area contributed by atoms with Gasteiger partial charge >= 0.3 is 6.01 Å². The lowest BCUT2D eigenvalue weighted by Gasteiger charge is -2.00. The average Bonchev–Trinajstić information content (AvgIpc) is 3.35. The summed E-state index contributed by atoms with van der Waals surface area (Å²) in [6.07, 6.45) is 6.08. The Hall–Kier alpha value is -2.04. The van der Waals surface area contributed by atoms with E-state index in [9.17, 15) is 4.79 Å². The number of oxazole rings is 1. The molecule has 0 bridgehead atoms. The number of aromatic nitrogens is 1. The number of aryl methyl sites for hydroxylation is 1. The molecule has 5 heteroatoms. The van der Waals surface area contributed by atoms with Crippen molar-refractivity contribution in [2.45, 2.75) is 44.4 Å². The van der Waals surface area contributed by atoms with E-state index >= 15 is 0 Å². The van der Waals surface area contributed by atoms with Crippen molar-refractivity contribution in [3.05, 3.63) is 35.1 Å². The molecule has 2 heterocycles. The average molecular weight is 272 g/mol. The summed E-state index contributed by atoms with van der Waals surface area (Å²) in [6.45, 7) is 1.89. The van der Waals surface area contributed by atoms with E-state index in [0.29, 0.717) is 17.4 Å². The summed E-state index contributed by atoms with van der Waals surface area (Å²) < 4.78 is 10.9. The number of nitrogens with one attached hydrogen (secondary N) is 1. The maximum atomic E-state index is 12.3. The normalized spacial score (nSPS) is 18.2. The van der Waals surface area contributed by atoms with Gasteiger partial charge in [-0.2, -0.15) is 4.98 Å². The zero-order valence-corrected chi connectivity index (χ0v) is 11.3. The molecule has 0 saturated heterocycles. The van der Waals surface area contributed by atoms with Crippen LogP contribution in [0, 0.1) is 6.92 Å². The maximum absolute atomic E-state index is 12.3. The van der Waals surface area contributed by atoms with Gasteiger partial charge in [0, 0.05) is 11.8 Å². The molecule has 2 aliphatic carbocycles. The van der Waals surface area contributed by atoms with E-state index in [4.69, 9.17) is 8.83 Å². The molecule has 20 heavy (non-hydrogen) atoms. The summed E-state index contributed by atoms with van der Waals surface area (Å²) in [5.41, 5.74) is 1.58. The fourth-order valence-corrected chi connectivity index (χ4v) is 2.53. The molecule has 104 valence electrons. The van der Waals surface area contributed by atoms with Gasteiger partial charge in [0.05, 0.1) is 17.5 Å². The lowest BCUT2D eigenvalue weighted by atomic mass is 10.2. The van der Waals surface area contributed by atoms with Gasteiger partial charge in [-0.05, 0) is 38.7 Å². The van der Waals surface area contributed by atoms with Gasteiger partial charge in [-0.3, -0.25) is 10.1 Å². The first kappa shape index (κ1) is 11.8. The van der Waals surface area contributed by atoms with Gasteiger partial charge in [-0.15, -0.1) is 0 Å². The van der Waals surface area contributed by atoms with Crippen LogP contribution in [0.3, 0.4) is 0 Å². The third-order valence-corrected chi connectivity index (χ3v) is 3.90. The van der Waals surface area contributed by atoms with E-state index < -0.39 is 0 Å². The molecular weight excluding hydrogens is 256 g/mol.